The van der Waals surface area contributed by atoms with Crippen LogP contribution in [0.25, 0.3) is 0 Å². The molecule has 0 atom stereocenters. The van der Waals surface area contributed by atoms with Crippen LogP contribution < -0.4 is 19.7 Å². The standard InChI is InChI=1S/C16H16ClN3O3S/c1-10(21)18-11-3-5-12(6-4-11)20(24)16(22)19-15-9-13(23-2)7-8-14(15)17/h3-9,24H,1-2H3,(H,18,21)(H,19,22). The first-order valence-corrected chi connectivity index (χ1v) is 7.69. The summed E-state index contributed by atoms with van der Waals surface area (Å²) in [5.74, 6) is 0.399. The van der Waals surface area contributed by atoms with Crippen LogP contribution in [0.4, 0.5) is 21.9 Å². The van der Waals surface area contributed by atoms with Gasteiger partial charge in [0.15, 0.2) is 0 Å². The Kier molecular flexibility index (Phi) is 5.94. The van der Waals surface area contributed by atoms with Crippen LogP contribution >= 0.6 is 24.4 Å². The van der Waals surface area contributed by atoms with Crippen LogP contribution in [0.1, 0.15) is 6.92 Å². The maximum absolute atomic E-state index is 12.3. The fourth-order valence-corrected chi connectivity index (χ4v) is 2.25. The molecule has 6 nitrogen and oxygen atoms in total. The van der Waals surface area contributed by atoms with E-state index in [0.717, 1.165) is 4.31 Å². The zero-order chi connectivity index (χ0) is 17.7. The van der Waals surface area contributed by atoms with Gasteiger partial charge in [0.25, 0.3) is 0 Å². The molecule has 0 aromatic heterocycles. The van der Waals surface area contributed by atoms with Crippen LogP contribution in [0.5, 0.6) is 5.75 Å². The molecule has 8 heteroatoms. The third-order valence-electron chi connectivity index (χ3n) is 3.04. The minimum atomic E-state index is -0.485. The number of hydrogen-bond acceptors (Lipinski definition) is 4. The number of nitrogens with zero attached hydrogens (tertiary/aromatic N) is 1. The highest BCUT2D eigenvalue weighted by Crippen LogP contribution is 2.28. The molecule has 0 saturated heterocycles. The molecule has 0 fully saturated rings. The average Bonchev–Trinajstić information content (AvgIpc) is 2.56. The summed E-state index contributed by atoms with van der Waals surface area (Å²) in [6.07, 6.45) is 0. The minimum Gasteiger partial charge on any atom is -0.497 e. The van der Waals surface area contributed by atoms with Crippen molar-refractivity contribution < 1.29 is 14.3 Å². The van der Waals surface area contributed by atoms with E-state index in [4.69, 9.17) is 16.3 Å². The number of rotatable bonds is 4. The highest BCUT2D eigenvalue weighted by molar-refractivity contribution is 7.82. The highest BCUT2D eigenvalue weighted by atomic mass is 35.5. The molecule has 0 radical (unpaired) electrons. The lowest BCUT2D eigenvalue weighted by atomic mass is 10.2. The number of amides is 3. The lowest BCUT2D eigenvalue weighted by molar-refractivity contribution is -0.114. The number of urea groups is 1. The molecule has 0 bridgehead atoms. The van der Waals surface area contributed by atoms with Crippen LogP contribution in [-0.4, -0.2) is 19.0 Å². The lowest BCUT2D eigenvalue weighted by Crippen LogP contribution is -2.26. The van der Waals surface area contributed by atoms with Crippen molar-refractivity contribution in [1.29, 1.82) is 0 Å². The third kappa shape index (κ3) is 4.56. The molecule has 0 heterocycles. The van der Waals surface area contributed by atoms with Gasteiger partial charge in [0.2, 0.25) is 5.91 Å². The molecule has 0 aliphatic rings. The molecule has 2 rings (SSSR count). The Morgan fingerprint density at radius 1 is 1.12 bits per heavy atom. The summed E-state index contributed by atoms with van der Waals surface area (Å²) in [4.78, 5) is 23.3. The van der Waals surface area contributed by atoms with Crippen molar-refractivity contribution in [1.82, 2.24) is 0 Å². The minimum absolute atomic E-state index is 0.170. The van der Waals surface area contributed by atoms with Gasteiger partial charge in [-0.05, 0) is 36.4 Å². The number of nitrogens with one attached hydrogen (secondary N) is 2. The number of anilines is 3. The van der Waals surface area contributed by atoms with Crippen molar-refractivity contribution in [3.05, 3.63) is 47.5 Å². The predicted octanol–water partition coefficient (Wildman–Crippen LogP) is 4.19. The first kappa shape index (κ1) is 18.0. The molecule has 3 amide bonds. The van der Waals surface area contributed by atoms with Crippen molar-refractivity contribution in [2.45, 2.75) is 6.92 Å². The SMILES string of the molecule is COc1ccc(Cl)c(NC(=O)N(S)c2ccc(NC(C)=O)cc2)c1. The van der Waals surface area contributed by atoms with Gasteiger partial charge in [0.05, 0.1) is 23.5 Å². The van der Waals surface area contributed by atoms with Gasteiger partial charge >= 0.3 is 6.03 Å². The molecule has 24 heavy (non-hydrogen) atoms. The molecule has 0 unspecified atom stereocenters. The van der Waals surface area contributed by atoms with Gasteiger partial charge in [0, 0.05) is 18.7 Å². The number of carbonyl (C=O) groups excluding carboxylic acids is 2. The third-order valence-corrected chi connectivity index (χ3v) is 3.78. The van der Waals surface area contributed by atoms with Gasteiger partial charge in [0.1, 0.15) is 5.75 Å². The molecular formula is C16H16ClN3O3S. The molecule has 2 N–H and O–H groups in total. The summed E-state index contributed by atoms with van der Waals surface area (Å²) in [6, 6.07) is 11.1. The maximum Gasteiger partial charge on any atom is 0.336 e. The van der Waals surface area contributed by atoms with Gasteiger partial charge in [-0.2, -0.15) is 0 Å². The molecular weight excluding hydrogens is 350 g/mol. The van der Waals surface area contributed by atoms with E-state index in [1.807, 2.05) is 0 Å². The topological polar surface area (TPSA) is 70.7 Å². The van der Waals surface area contributed by atoms with Crippen molar-refractivity contribution >= 4 is 53.4 Å². The Hall–Kier alpha value is -2.38. The molecule has 0 spiro atoms. The Morgan fingerprint density at radius 2 is 1.79 bits per heavy atom. The zero-order valence-electron chi connectivity index (χ0n) is 13.0. The number of methoxy groups -OCH3 is 1. The second-order valence-electron chi connectivity index (χ2n) is 4.82. The zero-order valence-corrected chi connectivity index (χ0v) is 14.7. The van der Waals surface area contributed by atoms with Gasteiger partial charge in [-0.1, -0.05) is 24.4 Å². The van der Waals surface area contributed by atoms with Crippen molar-refractivity contribution in [2.75, 3.05) is 22.0 Å². The average molecular weight is 366 g/mol. The second-order valence-corrected chi connectivity index (χ2v) is 5.62. The molecule has 0 aliphatic carbocycles. The Bertz CT molecular complexity index is 753. The largest absolute Gasteiger partial charge is 0.497 e. The second kappa shape index (κ2) is 7.94. The first-order chi connectivity index (χ1) is 11.4. The number of halogens is 1. The summed E-state index contributed by atoms with van der Waals surface area (Å²) in [5.41, 5.74) is 1.57. The van der Waals surface area contributed by atoms with Crippen LogP contribution in [0.2, 0.25) is 5.02 Å². The molecule has 0 saturated carbocycles. The number of thiol groups is 1. The van der Waals surface area contributed by atoms with Crippen molar-refractivity contribution in [3.63, 3.8) is 0 Å². The number of ether oxygens (including phenoxy) is 1. The summed E-state index contributed by atoms with van der Waals surface area (Å²) < 4.78 is 6.24. The van der Waals surface area contributed by atoms with Crippen LogP contribution in [-0.2, 0) is 4.79 Å². The number of hydrogen-bond donors (Lipinski definition) is 3. The summed E-state index contributed by atoms with van der Waals surface area (Å²) >= 11 is 10.3. The Balaban J connectivity index is 2.10. The fraction of sp³-hybridized carbons (Fsp3) is 0.125. The van der Waals surface area contributed by atoms with Gasteiger partial charge in [-0.15, -0.1) is 0 Å². The summed E-state index contributed by atoms with van der Waals surface area (Å²) in [6.45, 7) is 1.42. The molecule has 126 valence electrons. The van der Waals surface area contributed by atoms with Gasteiger partial charge in [-0.25, -0.2) is 9.10 Å². The fourth-order valence-electron chi connectivity index (χ4n) is 1.90. The lowest BCUT2D eigenvalue weighted by Gasteiger charge is -2.18. The van der Waals surface area contributed by atoms with Crippen LogP contribution in [0.15, 0.2) is 42.5 Å². The normalized spacial score (nSPS) is 10.0. The van der Waals surface area contributed by atoms with E-state index < -0.39 is 6.03 Å². The first-order valence-electron chi connectivity index (χ1n) is 6.92. The Morgan fingerprint density at radius 3 is 2.38 bits per heavy atom. The van der Waals surface area contributed by atoms with E-state index in [9.17, 15) is 9.59 Å². The van der Waals surface area contributed by atoms with Crippen LogP contribution in [0.3, 0.4) is 0 Å². The molecule has 2 aromatic rings. The molecule has 2 aromatic carbocycles. The quantitative estimate of drug-likeness (QED) is 0.711. The molecule has 0 aliphatic heterocycles. The maximum atomic E-state index is 12.3. The van der Waals surface area contributed by atoms with E-state index in [-0.39, 0.29) is 5.91 Å². The highest BCUT2D eigenvalue weighted by Gasteiger charge is 2.14. The van der Waals surface area contributed by atoms with Crippen molar-refractivity contribution in [3.8, 4) is 5.75 Å². The number of carbonyl (C=O) groups is 2. The van der Waals surface area contributed by atoms with E-state index >= 15 is 0 Å². The van der Waals surface area contributed by atoms with Crippen molar-refractivity contribution in [2.24, 2.45) is 0 Å². The van der Waals surface area contributed by atoms with E-state index in [1.165, 1.54) is 14.0 Å². The predicted molar refractivity (Wildman–Crippen MR) is 99.2 cm³/mol. The monoisotopic (exact) mass is 365 g/mol. The Labute approximate surface area is 150 Å². The summed E-state index contributed by atoms with van der Waals surface area (Å²) in [7, 11) is 1.52. The van der Waals surface area contributed by atoms with E-state index in [1.54, 1.807) is 42.5 Å². The number of benzene rings is 2. The summed E-state index contributed by atoms with van der Waals surface area (Å²) in [5, 5.41) is 5.69. The van der Waals surface area contributed by atoms with Gasteiger partial charge in [-0.3, -0.25) is 4.79 Å². The van der Waals surface area contributed by atoms with Crippen LogP contribution in [0, 0.1) is 0 Å². The van der Waals surface area contributed by atoms with Gasteiger partial charge < -0.3 is 15.4 Å². The smallest absolute Gasteiger partial charge is 0.336 e. The van der Waals surface area contributed by atoms with E-state index in [2.05, 4.69) is 23.4 Å². The van der Waals surface area contributed by atoms with E-state index in [0.29, 0.717) is 27.8 Å².